The number of thioether (sulfide) groups is 2. The standard InChI is InChI=1S/C28H21ClN2O2S2/c1-2-14-30-24-13-12-20(29)17-22(24)28(25(30)32)27(34-15-16-35-28)21-10-6-7-11-23(21)31(26(27)33)18-19-8-4-3-5-9-19/h1,3-13,17H,14-16,18H2/t27-,28-/m1/s1. The molecule has 2 spiro atoms. The molecule has 3 aromatic carbocycles. The zero-order valence-corrected chi connectivity index (χ0v) is 21.1. The largest absolute Gasteiger partial charge is 0.306 e. The molecule has 3 aliphatic heterocycles. The van der Waals surface area contributed by atoms with Gasteiger partial charge in [0.1, 0.15) is 9.49 Å². The molecule has 3 aliphatic rings. The van der Waals surface area contributed by atoms with Crippen LogP contribution >= 0.6 is 35.1 Å². The molecule has 0 aliphatic carbocycles. The first-order valence-electron chi connectivity index (χ1n) is 11.3. The lowest BCUT2D eigenvalue weighted by Gasteiger charge is -2.46. The first-order valence-corrected chi connectivity index (χ1v) is 13.7. The van der Waals surface area contributed by atoms with Gasteiger partial charge in [-0.2, -0.15) is 0 Å². The molecule has 3 heterocycles. The Morgan fingerprint density at radius 1 is 0.829 bits per heavy atom. The lowest BCUT2D eigenvalue weighted by Crippen LogP contribution is -2.58. The second-order valence-electron chi connectivity index (χ2n) is 8.71. The van der Waals surface area contributed by atoms with Gasteiger partial charge in [0.2, 0.25) is 0 Å². The van der Waals surface area contributed by atoms with Gasteiger partial charge in [0.05, 0.1) is 18.8 Å². The molecule has 0 unspecified atom stereocenters. The second kappa shape index (κ2) is 8.37. The minimum absolute atomic E-state index is 0.0680. The van der Waals surface area contributed by atoms with E-state index in [-0.39, 0.29) is 18.4 Å². The van der Waals surface area contributed by atoms with Gasteiger partial charge in [0.15, 0.2) is 0 Å². The highest BCUT2D eigenvalue weighted by Crippen LogP contribution is 2.69. The van der Waals surface area contributed by atoms with Gasteiger partial charge >= 0.3 is 0 Å². The van der Waals surface area contributed by atoms with E-state index in [1.807, 2.05) is 71.6 Å². The summed E-state index contributed by atoms with van der Waals surface area (Å²) in [6.07, 6.45) is 5.68. The smallest absolute Gasteiger partial charge is 0.251 e. The maximum absolute atomic E-state index is 14.7. The Kier molecular flexibility index (Phi) is 5.41. The number of rotatable bonds is 3. The van der Waals surface area contributed by atoms with E-state index in [0.29, 0.717) is 11.6 Å². The molecule has 1 fully saturated rings. The number of carbonyl (C=O) groups is 2. The van der Waals surface area contributed by atoms with E-state index in [9.17, 15) is 9.59 Å². The van der Waals surface area contributed by atoms with Gasteiger partial charge in [0, 0.05) is 33.3 Å². The van der Waals surface area contributed by atoms with Crippen LogP contribution in [0.1, 0.15) is 16.7 Å². The molecule has 0 N–H and O–H groups in total. The van der Waals surface area contributed by atoms with Crippen molar-refractivity contribution in [1.82, 2.24) is 0 Å². The van der Waals surface area contributed by atoms with Crippen LogP contribution < -0.4 is 9.80 Å². The van der Waals surface area contributed by atoms with Gasteiger partial charge in [-0.25, -0.2) is 0 Å². The Bertz CT molecular complexity index is 1410. The van der Waals surface area contributed by atoms with E-state index in [0.717, 1.165) is 39.6 Å². The van der Waals surface area contributed by atoms with Crippen LogP contribution in [0.2, 0.25) is 5.02 Å². The molecule has 1 saturated heterocycles. The number of amides is 2. The summed E-state index contributed by atoms with van der Waals surface area (Å²) in [5, 5.41) is 0.532. The predicted octanol–water partition coefficient (Wildman–Crippen LogP) is 5.44. The summed E-state index contributed by atoms with van der Waals surface area (Å²) in [5.41, 5.74) is 4.26. The first kappa shape index (κ1) is 22.6. The van der Waals surface area contributed by atoms with Crippen LogP contribution in [-0.4, -0.2) is 29.9 Å². The third-order valence-electron chi connectivity index (χ3n) is 6.94. The van der Waals surface area contributed by atoms with Crippen molar-refractivity contribution >= 4 is 58.3 Å². The fourth-order valence-electron chi connectivity index (χ4n) is 5.59. The van der Waals surface area contributed by atoms with Crippen LogP contribution in [0.4, 0.5) is 11.4 Å². The topological polar surface area (TPSA) is 40.6 Å². The van der Waals surface area contributed by atoms with E-state index in [4.69, 9.17) is 18.0 Å². The molecule has 35 heavy (non-hydrogen) atoms. The first-order chi connectivity index (χ1) is 17.0. The van der Waals surface area contributed by atoms with Crippen LogP contribution in [0.15, 0.2) is 72.8 Å². The van der Waals surface area contributed by atoms with Gasteiger partial charge < -0.3 is 4.90 Å². The maximum Gasteiger partial charge on any atom is 0.251 e. The van der Waals surface area contributed by atoms with Crippen LogP contribution in [0.5, 0.6) is 0 Å². The van der Waals surface area contributed by atoms with Crippen molar-refractivity contribution < 1.29 is 9.59 Å². The monoisotopic (exact) mass is 516 g/mol. The van der Waals surface area contributed by atoms with Crippen molar-refractivity contribution in [3.63, 3.8) is 0 Å². The van der Waals surface area contributed by atoms with Crippen molar-refractivity contribution in [1.29, 1.82) is 0 Å². The summed E-state index contributed by atoms with van der Waals surface area (Å²) in [6, 6.07) is 23.3. The minimum Gasteiger partial charge on any atom is -0.306 e. The summed E-state index contributed by atoms with van der Waals surface area (Å²) in [4.78, 5) is 32.5. The summed E-state index contributed by atoms with van der Waals surface area (Å²) >= 11 is 9.61. The van der Waals surface area contributed by atoms with E-state index in [1.165, 1.54) is 0 Å². The number of hydrogen-bond donors (Lipinski definition) is 0. The SMILES string of the molecule is C#CCN1C(=O)[C@]2(SCCS[C@]23C(=O)N(Cc2ccccc2)c2ccccc23)c2cc(Cl)ccc21. The zero-order valence-electron chi connectivity index (χ0n) is 18.7. The van der Waals surface area contributed by atoms with Crippen LogP contribution in [0, 0.1) is 12.3 Å². The van der Waals surface area contributed by atoms with E-state index in [1.54, 1.807) is 34.5 Å². The summed E-state index contributed by atoms with van der Waals surface area (Å²) < 4.78 is -2.28. The van der Waals surface area contributed by atoms with Gasteiger partial charge in [-0.05, 0) is 29.8 Å². The third kappa shape index (κ3) is 2.99. The molecular formula is C28H21ClN2O2S2. The van der Waals surface area contributed by atoms with Gasteiger partial charge in [-0.1, -0.05) is 66.1 Å². The van der Waals surface area contributed by atoms with Crippen LogP contribution in [0.25, 0.3) is 0 Å². The number of fused-ring (bicyclic) bond motifs is 5. The number of halogens is 1. The number of benzene rings is 3. The van der Waals surface area contributed by atoms with Gasteiger partial charge in [-0.15, -0.1) is 29.9 Å². The van der Waals surface area contributed by atoms with Crippen LogP contribution in [-0.2, 0) is 25.6 Å². The number of anilines is 2. The highest BCUT2D eigenvalue weighted by molar-refractivity contribution is 8.08. The minimum atomic E-state index is -1.16. The molecule has 174 valence electrons. The van der Waals surface area contributed by atoms with Gasteiger partial charge in [-0.3, -0.25) is 14.5 Å². The molecule has 0 saturated carbocycles. The molecule has 6 rings (SSSR count). The average molecular weight is 517 g/mol. The molecule has 7 heteroatoms. The molecule has 2 amide bonds. The van der Waals surface area contributed by atoms with E-state index >= 15 is 0 Å². The van der Waals surface area contributed by atoms with Crippen molar-refractivity contribution in [2.45, 2.75) is 16.0 Å². The van der Waals surface area contributed by atoms with Crippen molar-refractivity contribution in [2.24, 2.45) is 0 Å². The molecule has 0 aromatic heterocycles. The second-order valence-corrected chi connectivity index (χ2v) is 11.8. The van der Waals surface area contributed by atoms with E-state index < -0.39 is 9.49 Å². The number of terminal acetylenes is 1. The summed E-state index contributed by atoms with van der Waals surface area (Å²) in [7, 11) is 0. The summed E-state index contributed by atoms with van der Waals surface area (Å²) in [5.74, 6) is 3.91. The lowest BCUT2D eigenvalue weighted by atomic mass is 9.80. The quantitative estimate of drug-likeness (QED) is 0.435. The number of nitrogens with zero attached hydrogens (tertiary/aromatic N) is 2. The Hall–Kier alpha value is -2.85. The Morgan fingerprint density at radius 3 is 2.20 bits per heavy atom. The van der Waals surface area contributed by atoms with Crippen molar-refractivity contribution in [2.75, 3.05) is 27.9 Å². The zero-order chi connectivity index (χ0) is 24.2. The highest BCUT2D eigenvalue weighted by Gasteiger charge is 2.72. The van der Waals surface area contributed by atoms with Crippen molar-refractivity contribution in [3.05, 3.63) is 94.5 Å². The fraction of sp³-hybridized carbons (Fsp3) is 0.214. The maximum atomic E-state index is 14.7. The van der Waals surface area contributed by atoms with E-state index in [2.05, 4.69) is 5.92 Å². The molecule has 0 bridgehead atoms. The lowest BCUT2D eigenvalue weighted by molar-refractivity contribution is -0.127. The third-order valence-corrected chi connectivity index (χ3v) is 10.7. The normalized spacial score (nSPS) is 24.7. The Morgan fingerprint density at radius 2 is 1.46 bits per heavy atom. The average Bonchev–Trinajstić information content (AvgIpc) is 3.24. The van der Waals surface area contributed by atoms with Crippen molar-refractivity contribution in [3.8, 4) is 12.3 Å². The predicted molar refractivity (Wildman–Crippen MR) is 145 cm³/mol. The highest BCUT2D eigenvalue weighted by atomic mass is 35.5. The Balaban J connectivity index is 1.61. The molecule has 4 nitrogen and oxygen atoms in total. The fourth-order valence-corrected chi connectivity index (χ4v) is 9.31. The summed E-state index contributed by atoms with van der Waals surface area (Å²) in [6.45, 7) is 0.574. The van der Waals surface area contributed by atoms with Crippen LogP contribution in [0.3, 0.4) is 0 Å². The molecule has 2 atom stereocenters. The number of hydrogen-bond acceptors (Lipinski definition) is 4. The molecule has 3 aromatic rings. The Labute approximate surface area is 218 Å². The molecular weight excluding hydrogens is 496 g/mol. The molecule has 0 radical (unpaired) electrons. The number of carbonyl (C=O) groups excluding carboxylic acids is 2. The number of para-hydroxylation sites is 1. The van der Waals surface area contributed by atoms with Gasteiger partial charge in [0.25, 0.3) is 11.8 Å².